The van der Waals surface area contributed by atoms with Crippen molar-refractivity contribution in [3.63, 3.8) is 0 Å². The Morgan fingerprint density at radius 1 is 1.12 bits per heavy atom. The summed E-state index contributed by atoms with van der Waals surface area (Å²) in [5.41, 5.74) is 1.83. The monoisotopic (exact) mass is 338 g/mol. The summed E-state index contributed by atoms with van der Waals surface area (Å²) in [7, 11) is 1.33. The van der Waals surface area contributed by atoms with Crippen LogP contribution >= 0.6 is 0 Å². The smallest absolute Gasteiger partial charge is 0.337 e. The van der Waals surface area contributed by atoms with Crippen LogP contribution in [0.1, 0.15) is 28.4 Å². The van der Waals surface area contributed by atoms with Crippen molar-refractivity contribution < 1.29 is 19.1 Å². The summed E-state index contributed by atoms with van der Waals surface area (Å²) in [6.07, 6.45) is -0.678. The summed E-state index contributed by atoms with van der Waals surface area (Å²) in [5, 5.41) is 11.5. The van der Waals surface area contributed by atoms with Gasteiger partial charge in [0, 0.05) is 6.54 Å². The van der Waals surface area contributed by atoms with Gasteiger partial charge in [0.25, 0.3) is 5.91 Å². The van der Waals surface area contributed by atoms with E-state index in [2.05, 4.69) is 10.1 Å². The zero-order valence-electron chi connectivity index (χ0n) is 14.0. The number of amides is 1. The first-order valence-corrected chi connectivity index (χ1v) is 7.65. The lowest BCUT2D eigenvalue weighted by atomic mass is 10.1. The van der Waals surface area contributed by atoms with Gasteiger partial charge < -0.3 is 14.8 Å². The lowest BCUT2D eigenvalue weighted by Crippen LogP contribution is -2.35. The number of nitrogens with one attached hydrogen (secondary N) is 1. The molecule has 0 spiro atoms. The number of esters is 1. The Morgan fingerprint density at radius 3 is 2.32 bits per heavy atom. The van der Waals surface area contributed by atoms with Gasteiger partial charge in [-0.25, -0.2) is 4.79 Å². The zero-order valence-corrected chi connectivity index (χ0v) is 14.0. The van der Waals surface area contributed by atoms with Gasteiger partial charge in [-0.2, -0.15) is 5.26 Å². The minimum absolute atomic E-state index is 0.263. The minimum atomic E-state index is -0.678. The van der Waals surface area contributed by atoms with Crippen molar-refractivity contribution in [2.45, 2.75) is 19.6 Å². The van der Waals surface area contributed by atoms with E-state index in [4.69, 9.17) is 10.00 Å². The highest BCUT2D eigenvalue weighted by Crippen LogP contribution is 2.13. The van der Waals surface area contributed by atoms with E-state index in [1.807, 2.05) is 6.07 Å². The average Bonchev–Trinajstić information content (AvgIpc) is 2.66. The third-order valence-corrected chi connectivity index (χ3v) is 3.51. The SMILES string of the molecule is COC(=O)c1ccc(CNC(=O)[C@@H](C)Oc2ccc(C#N)cc2)cc1. The van der Waals surface area contributed by atoms with Gasteiger partial charge in [-0.3, -0.25) is 4.79 Å². The van der Waals surface area contributed by atoms with E-state index < -0.39 is 12.1 Å². The molecule has 0 aliphatic carbocycles. The Morgan fingerprint density at radius 2 is 1.76 bits per heavy atom. The van der Waals surface area contributed by atoms with Gasteiger partial charge in [0.2, 0.25) is 0 Å². The van der Waals surface area contributed by atoms with Crippen molar-refractivity contribution in [2.24, 2.45) is 0 Å². The molecule has 0 aromatic heterocycles. The molecule has 0 aliphatic heterocycles. The summed E-state index contributed by atoms with van der Waals surface area (Å²) >= 11 is 0. The molecule has 0 bridgehead atoms. The summed E-state index contributed by atoms with van der Waals surface area (Å²) in [6.45, 7) is 1.97. The Labute approximate surface area is 146 Å². The predicted octanol–water partition coefficient (Wildman–Crippen LogP) is 2.43. The van der Waals surface area contributed by atoms with E-state index >= 15 is 0 Å². The van der Waals surface area contributed by atoms with Gasteiger partial charge in [0.05, 0.1) is 24.3 Å². The van der Waals surface area contributed by atoms with E-state index in [9.17, 15) is 9.59 Å². The van der Waals surface area contributed by atoms with Crippen molar-refractivity contribution in [3.05, 3.63) is 65.2 Å². The van der Waals surface area contributed by atoms with Crippen LogP contribution in [0.25, 0.3) is 0 Å². The van der Waals surface area contributed by atoms with Crippen LogP contribution in [0.5, 0.6) is 5.75 Å². The lowest BCUT2D eigenvalue weighted by Gasteiger charge is -2.15. The highest BCUT2D eigenvalue weighted by molar-refractivity contribution is 5.89. The normalized spacial score (nSPS) is 11.1. The van der Waals surface area contributed by atoms with Crippen molar-refractivity contribution in [3.8, 4) is 11.8 Å². The minimum Gasteiger partial charge on any atom is -0.481 e. The highest BCUT2D eigenvalue weighted by Gasteiger charge is 2.14. The Kier molecular flexibility index (Phi) is 6.13. The number of benzene rings is 2. The largest absolute Gasteiger partial charge is 0.481 e. The van der Waals surface area contributed by atoms with Gasteiger partial charge in [0.15, 0.2) is 6.10 Å². The molecule has 6 heteroatoms. The first kappa shape index (κ1) is 18.0. The number of ether oxygens (including phenoxy) is 2. The number of hydrogen-bond acceptors (Lipinski definition) is 5. The van der Waals surface area contributed by atoms with Crippen molar-refractivity contribution in [1.82, 2.24) is 5.32 Å². The Balaban J connectivity index is 1.86. The second-order valence-corrected chi connectivity index (χ2v) is 5.30. The molecule has 1 amide bonds. The lowest BCUT2D eigenvalue weighted by molar-refractivity contribution is -0.127. The molecule has 0 saturated heterocycles. The molecule has 1 N–H and O–H groups in total. The molecule has 0 radical (unpaired) electrons. The van der Waals surface area contributed by atoms with E-state index in [1.54, 1.807) is 55.5 Å². The molecule has 0 saturated carbocycles. The number of carbonyl (C=O) groups excluding carboxylic acids is 2. The third-order valence-electron chi connectivity index (χ3n) is 3.51. The molecule has 0 unspecified atom stereocenters. The summed E-state index contributed by atoms with van der Waals surface area (Å²) in [4.78, 5) is 23.5. The molecule has 2 rings (SSSR count). The molecule has 2 aromatic rings. The number of nitriles is 1. The third kappa shape index (κ3) is 5.08. The standard InChI is InChI=1S/C19H18N2O4/c1-13(25-17-9-5-14(11-20)6-10-17)18(22)21-12-15-3-7-16(8-4-15)19(23)24-2/h3-10,13H,12H2,1-2H3,(H,21,22)/t13-/m1/s1. The molecule has 2 aromatic carbocycles. The first-order chi connectivity index (χ1) is 12.0. The molecule has 6 nitrogen and oxygen atoms in total. The number of hydrogen-bond donors (Lipinski definition) is 1. The van der Waals surface area contributed by atoms with Crippen LogP contribution in [-0.2, 0) is 16.1 Å². The van der Waals surface area contributed by atoms with Crippen LogP contribution < -0.4 is 10.1 Å². The summed E-state index contributed by atoms with van der Waals surface area (Å²) < 4.78 is 10.2. The van der Waals surface area contributed by atoms with Crippen molar-refractivity contribution in [1.29, 1.82) is 5.26 Å². The average molecular weight is 338 g/mol. The molecular formula is C19H18N2O4. The van der Waals surface area contributed by atoms with E-state index in [-0.39, 0.29) is 5.91 Å². The van der Waals surface area contributed by atoms with Crippen LogP contribution in [0, 0.1) is 11.3 Å². The van der Waals surface area contributed by atoms with Crippen LogP contribution in [-0.4, -0.2) is 25.1 Å². The van der Waals surface area contributed by atoms with Crippen LogP contribution in [0.2, 0.25) is 0 Å². The molecule has 128 valence electrons. The Bertz CT molecular complexity index is 777. The maximum Gasteiger partial charge on any atom is 0.337 e. The van der Waals surface area contributed by atoms with Crippen molar-refractivity contribution >= 4 is 11.9 Å². The van der Waals surface area contributed by atoms with Gasteiger partial charge in [-0.1, -0.05) is 12.1 Å². The van der Waals surface area contributed by atoms with E-state index in [0.29, 0.717) is 23.4 Å². The molecular weight excluding hydrogens is 320 g/mol. The Hall–Kier alpha value is -3.33. The fraction of sp³-hybridized carbons (Fsp3) is 0.211. The van der Waals surface area contributed by atoms with Crippen LogP contribution in [0.15, 0.2) is 48.5 Å². The number of nitrogens with zero attached hydrogens (tertiary/aromatic N) is 1. The maximum absolute atomic E-state index is 12.1. The van der Waals surface area contributed by atoms with E-state index in [0.717, 1.165) is 5.56 Å². The predicted molar refractivity (Wildman–Crippen MR) is 90.9 cm³/mol. The number of methoxy groups -OCH3 is 1. The molecule has 0 aliphatic rings. The fourth-order valence-corrected chi connectivity index (χ4v) is 2.08. The fourth-order valence-electron chi connectivity index (χ4n) is 2.08. The molecule has 25 heavy (non-hydrogen) atoms. The van der Waals surface area contributed by atoms with Gasteiger partial charge in [-0.15, -0.1) is 0 Å². The van der Waals surface area contributed by atoms with Crippen LogP contribution in [0.4, 0.5) is 0 Å². The zero-order chi connectivity index (χ0) is 18.2. The molecule has 1 atom stereocenters. The first-order valence-electron chi connectivity index (χ1n) is 7.65. The van der Waals surface area contributed by atoms with Gasteiger partial charge >= 0.3 is 5.97 Å². The second kappa shape index (κ2) is 8.50. The van der Waals surface area contributed by atoms with Gasteiger partial charge in [-0.05, 0) is 48.9 Å². The summed E-state index contributed by atoms with van der Waals surface area (Å²) in [5.74, 6) is -0.148. The van der Waals surface area contributed by atoms with Crippen LogP contribution in [0.3, 0.4) is 0 Å². The van der Waals surface area contributed by atoms with E-state index in [1.165, 1.54) is 7.11 Å². The highest BCUT2D eigenvalue weighted by atomic mass is 16.5. The maximum atomic E-state index is 12.1. The van der Waals surface area contributed by atoms with Crippen molar-refractivity contribution in [2.75, 3.05) is 7.11 Å². The molecule has 0 heterocycles. The summed E-state index contributed by atoms with van der Waals surface area (Å²) in [6, 6.07) is 15.4. The quantitative estimate of drug-likeness (QED) is 0.817. The van der Waals surface area contributed by atoms with Gasteiger partial charge in [0.1, 0.15) is 5.75 Å². The second-order valence-electron chi connectivity index (χ2n) is 5.30. The number of rotatable bonds is 6. The topological polar surface area (TPSA) is 88.4 Å². The number of carbonyl (C=O) groups is 2. The molecule has 0 fully saturated rings.